The number of benzene rings is 8. The third kappa shape index (κ3) is 8.38. The fourth-order valence-electron chi connectivity index (χ4n) is 11.4. The SMILES string of the molecule is CC(C)(C)c1cc(-c2cccc3c4ccccc4c4ccc(C(C)(C)C)cc4c4cccc5c4n(c23)CN5c2cccc(Oc3ccc4c5ccccc5n(-c5cc(C(C)(C)C)ccn5)c4c3)c2)cc(C(C)(C)C)c1. The number of aromatic nitrogens is 3. The minimum Gasteiger partial charge on any atom is -0.457 e. The van der Waals surface area contributed by atoms with Crippen LogP contribution in [0.3, 0.4) is 0 Å². The molecule has 374 valence electrons. The summed E-state index contributed by atoms with van der Waals surface area (Å²) in [6.45, 7) is 28.3. The Morgan fingerprint density at radius 1 is 0.400 bits per heavy atom. The molecule has 0 unspecified atom stereocenters. The normalized spacial score (nSPS) is 13.3. The van der Waals surface area contributed by atoms with Gasteiger partial charge in [0.15, 0.2) is 0 Å². The highest BCUT2D eigenvalue weighted by molar-refractivity contribution is 6.22. The van der Waals surface area contributed by atoms with Crippen LogP contribution in [-0.4, -0.2) is 14.1 Å². The highest BCUT2D eigenvalue weighted by atomic mass is 16.5. The van der Waals surface area contributed by atoms with E-state index in [1.807, 2.05) is 6.20 Å². The molecule has 12 rings (SSSR count). The summed E-state index contributed by atoms with van der Waals surface area (Å²) in [7, 11) is 0. The lowest BCUT2D eigenvalue weighted by Crippen LogP contribution is -2.17. The van der Waals surface area contributed by atoms with Crippen LogP contribution in [0.5, 0.6) is 11.5 Å². The van der Waals surface area contributed by atoms with Crippen molar-refractivity contribution < 1.29 is 4.74 Å². The van der Waals surface area contributed by atoms with Crippen molar-refractivity contribution in [2.45, 2.75) is 111 Å². The maximum atomic E-state index is 6.95. The molecule has 0 aliphatic carbocycles. The van der Waals surface area contributed by atoms with Crippen molar-refractivity contribution in [1.82, 2.24) is 14.1 Å². The van der Waals surface area contributed by atoms with Crippen LogP contribution in [0.15, 0.2) is 182 Å². The monoisotopic (exact) mass is 981 g/mol. The summed E-state index contributed by atoms with van der Waals surface area (Å²) in [5.74, 6) is 2.42. The summed E-state index contributed by atoms with van der Waals surface area (Å²) in [5, 5.41) is 9.69. The molecule has 0 saturated carbocycles. The molecule has 11 aromatic rings. The van der Waals surface area contributed by atoms with Crippen LogP contribution in [0.1, 0.15) is 105 Å². The van der Waals surface area contributed by atoms with E-state index >= 15 is 0 Å². The van der Waals surface area contributed by atoms with Gasteiger partial charge in [-0.3, -0.25) is 4.57 Å². The van der Waals surface area contributed by atoms with Crippen LogP contribution < -0.4 is 9.64 Å². The van der Waals surface area contributed by atoms with Gasteiger partial charge in [-0.25, -0.2) is 4.98 Å². The molecule has 0 radical (unpaired) electrons. The van der Waals surface area contributed by atoms with E-state index in [1.54, 1.807) is 0 Å². The standard InChI is InChI=1S/C70H68N4O/c1-67(2,3)45-30-32-55-53-22-13-14-23-54(53)58-26-18-25-52(44-36-47(69(7,8)9)38-48(37-44)70(10,11)12)65(58)73-43-72(62-29-19-27-59(66(62)73)60(55)39-45)49-20-17-21-50(41-49)75-51-31-33-57-56-24-15-16-28-61(56)74(63(57)42-51)64-40-46(34-35-71-64)68(4,5)6/h13-42H,43H2,1-12H3. The Balaban J connectivity index is 1.08. The topological polar surface area (TPSA) is 35.2 Å². The van der Waals surface area contributed by atoms with Crippen molar-refractivity contribution in [1.29, 1.82) is 0 Å². The van der Waals surface area contributed by atoms with E-state index in [0.717, 1.165) is 45.1 Å². The van der Waals surface area contributed by atoms with Gasteiger partial charge >= 0.3 is 0 Å². The molecule has 0 amide bonds. The summed E-state index contributed by atoms with van der Waals surface area (Å²) >= 11 is 0. The van der Waals surface area contributed by atoms with E-state index in [-0.39, 0.29) is 21.7 Å². The molecule has 0 atom stereocenters. The largest absolute Gasteiger partial charge is 0.457 e. The Morgan fingerprint density at radius 2 is 0.960 bits per heavy atom. The number of para-hydroxylation sites is 3. The summed E-state index contributed by atoms with van der Waals surface area (Å²) in [6.07, 6.45) is 1.93. The molecule has 3 aromatic heterocycles. The predicted octanol–water partition coefficient (Wildman–Crippen LogP) is 19.5. The molecule has 4 heterocycles. The molecular formula is C70H68N4O. The Morgan fingerprint density at radius 3 is 1.67 bits per heavy atom. The van der Waals surface area contributed by atoms with Gasteiger partial charge in [0.25, 0.3) is 0 Å². The third-order valence-corrected chi connectivity index (χ3v) is 15.7. The Bertz CT molecular complexity index is 4140. The van der Waals surface area contributed by atoms with Gasteiger partial charge in [0.2, 0.25) is 0 Å². The number of nitrogens with zero attached hydrogens (tertiary/aromatic N) is 4. The van der Waals surface area contributed by atoms with E-state index < -0.39 is 0 Å². The molecule has 1 aliphatic rings. The van der Waals surface area contributed by atoms with Crippen LogP contribution in [0.25, 0.3) is 82.1 Å². The van der Waals surface area contributed by atoms with Crippen LogP contribution in [0.2, 0.25) is 0 Å². The van der Waals surface area contributed by atoms with Crippen LogP contribution in [0, 0.1) is 0 Å². The first-order valence-electron chi connectivity index (χ1n) is 26.7. The van der Waals surface area contributed by atoms with Crippen LogP contribution in [0.4, 0.5) is 11.4 Å². The van der Waals surface area contributed by atoms with Gasteiger partial charge in [-0.2, -0.15) is 0 Å². The minimum atomic E-state index is -0.0502. The van der Waals surface area contributed by atoms with Gasteiger partial charge < -0.3 is 14.2 Å². The highest BCUT2D eigenvalue weighted by Crippen LogP contribution is 2.47. The van der Waals surface area contributed by atoms with Crippen molar-refractivity contribution >= 4 is 76.5 Å². The molecule has 0 saturated heterocycles. The molecule has 5 nitrogen and oxygen atoms in total. The van der Waals surface area contributed by atoms with Crippen molar-refractivity contribution in [3.63, 3.8) is 0 Å². The second kappa shape index (κ2) is 17.3. The molecule has 0 bridgehead atoms. The summed E-state index contributed by atoms with van der Waals surface area (Å²) in [5.41, 5.74) is 14.3. The summed E-state index contributed by atoms with van der Waals surface area (Å²) in [6, 6.07) is 65.5. The van der Waals surface area contributed by atoms with E-state index in [4.69, 9.17) is 9.72 Å². The number of fused-ring (bicyclic) bond motifs is 10. The zero-order valence-corrected chi connectivity index (χ0v) is 45.7. The quantitative estimate of drug-likeness (QED) is 0.172. The second-order valence-electron chi connectivity index (χ2n) is 25.0. The number of pyridine rings is 1. The molecule has 5 heteroatoms. The van der Waals surface area contributed by atoms with E-state index in [9.17, 15) is 0 Å². The average Bonchev–Trinajstić information content (AvgIpc) is 3.95. The lowest BCUT2D eigenvalue weighted by molar-refractivity contribution is 0.483. The number of anilines is 2. The molecule has 75 heavy (non-hydrogen) atoms. The second-order valence-corrected chi connectivity index (χ2v) is 25.0. The summed E-state index contributed by atoms with van der Waals surface area (Å²) in [4.78, 5) is 7.42. The molecular weight excluding hydrogens is 913 g/mol. The van der Waals surface area contributed by atoms with Gasteiger partial charge in [0.1, 0.15) is 24.0 Å². The number of hydrogen-bond donors (Lipinski definition) is 0. The average molecular weight is 981 g/mol. The number of ether oxygens (including phenoxy) is 1. The predicted molar refractivity (Wildman–Crippen MR) is 320 cm³/mol. The molecule has 0 spiro atoms. The molecule has 8 aromatic carbocycles. The Hall–Kier alpha value is -7.89. The van der Waals surface area contributed by atoms with Crippen LogP contribution >= 0.6 is 0 Å². The third-order valence-electron chi connectivity index (χ3n) is 15.7. The Labute approximate surface area is 442 Å². The lowest BCUT2D eigenvalue weighted by atomic mass is 9.78. The Kier molecular flexibility index (Phi) is 11.1. The lowest BCUT2D eigenvalue weighted by Gasteiger charge is -2.27. The van der Waals surface area contributed by atoms with Crippen molar-refractivity contribution in [3.8, 4) is 28.4 Å². The van der Waals surface area contributed by atoms with Gasteiger partial charge in [-0.15, -0.1) is 0 Å². The zero-order valence-electron chi connectivity index (χ0n) is 45.7. The van der Waals surface area contributed by atoms with Gasteiger partial charge in [-0.05, 0) is 126 Å². The van der Waals surface area contributed by atoms with E-state index in [0.29, 0.717) is 6.67 Å². The zero-order chi connectivity index (χ0) is 52.3. The maximum Gasteiger partial charge on any atom is 0.137 e. The molecule has 1 aliphatic heterocycles. The first kappa shape index (κ1) is 48.1. The van der Waals surface area contributed by atoms with Gasteiger partial charge in [0.05, 0.1) is 27.8 Å². The highest BCUT2D eigenvalue weighted by Gasteiger charge is 2.28. The van der Waals surface area contributed by atoms with Gasteiger partial charge in [-0.1, -0.05) is 192 Å². The molecule has 0 N–H and O–H groups in total. The molecule has 0 fully saturated rings. The summed E-state index contributed by atoms with van der Waals surface area (Å²) < 4.78 is 11.9. The fraction of sp³-hybridized carbons (Fsp3) is 0.243. The van der Waals surface area contributed by atoms with Crippen molar-refractivity contribution in [2.24, 2.45) is 0 Å². The van der Waals surface area contributed by atoms with E-state index in [1.165, 1.54) is 82.1 Å². The van der Waals surface area contributed by atoms with Crippen LogP contribution in [-0.2, 0) is 28.3 Å². The van der Waals surface area contributed by atoms with E-state index in [2.05, 4.69) is 273 Å². The number of hydrogen-bond acceptors (Lipinski definition) is 3. The fourth-order valence-corrected chi connectivity index (χ4v) is 11.4. The minimum absolute atomic E-state index is 0.0226. The number of rotatable bonds is 5. The first-order chi connectivity index (χ1) is 35.7. The van der Waals surface area contributed by atoms with Crippen molar-refractivity contribution in [3.05, 3.63) is 204 Å². The van der Waals surface area contributed by atoms with Gasteiger partial charge in [0, 0.05) is 51.1 Å². The smallest absolute Gasteiger partial charge is 0.137 e. The first-order valence-corrected chi connectivity index (χ1v) is 26.7. The van der Waals surface area contributed by atoms with Crippen molar-refractivity contribution in [2.75, 3.05) is 4.90 Å². The maximum absolute atomic E-state index is 6.95.